The average molecular weight is 418 g/mol. The largest absolute Gasteiger partial charge is 0.312 e. The fourth-order valence-electron chi connectivity index (χ4n) is 4.17. The molecule has 0 aliphatic heterocycles. The lowest BCUT2D eigenvalue weighted by atomic mass is 10.0. The average Bonchev–Trinajstić information content (AvgIpc) is 2.65. The first-order valence-corrected chi connectivity index (χ1v) is 13.0. The van der Waals surface area contributed by atoms with E-state index >= 15 is 0 Å². The second-order valence-corrected chi connectivity index (χ2v) is 9.20. The minimum Gasteiger partial charge on any atom is -0.312 e. The van der Waals surface area contributed by atoms with E-state index in [1.807, 2.05) is 0 Å². The van der Waals surface area contributed by atoms with Crippen molar-refractivity contribution < 1.29 is 0 Å². The highest BCUT2D eigenvalue weighted by atomic mass is 35.5. The molecule has 0 aromatic heterocycles. The number of halogens is 1. The van der Waals surface area contributed by atoms with E-state index in [4.69, 9.17) is 0 Å². The van der Waals surface area contributed by atoms with E-state index in [-0.39, 0.29) is 12.4 Å². The summed E-state index contributed by atoms with van der Waals surface area (Å²) in [6, 6.07) is 1.39. The Kier molecular flexibility index (Phi) is 27.5. The second-order valence-electron chi connectivity index (χ2n) is 9.20. The first-order chi connectivity index (χ1) is 13.2. The number of unbranched alkanes of at least 4 members (excludes halogenated alkanes) is 16. The quantitative estimate of drug-likeness (QED) is 0.173. The Morgan fingerprint density at radius 2 is 0.679 bits per heavy atom. The van der Waals surface area contributed by atoms with E-state index in [9.17, 15) is 0 Å². The van der Waals surface area contributed by atoms with Gasteiger partial charge < -0.3 is 5.32 Å². The third-order valence-corrected chi connectivity index (χ3v) is 6.05. The third kappa shape index (κ3) is 24.3. The maximum Gasteiger partial charge on any atom is 0.00412 e. The lowest BCUT2D eigenvalue weighted by Gasteiger charge is -2.20. The van der Waals surface area contributed by atoms with Crippen LogP contribution in [0.2, 0.25) is 0 Å². The van der Waals surface area contributed by atoms with Crippen LogP contribution < -0.4 is 5.32 Å². The van der Waals surface area contributed by atoms with E-state index in [1.165, 1.54) is 128 Å². The van der Waals surface area contributed by atoms with Crippen LogP contribution in [0, 0.1) is 0 Å². The molecular formula is C26H56ClN. The molecule has 0 fully saturated rings. The van der Waals surface area contributed by atoms with Crippen molar-refractivity contribution in [2.45, 2.75) is 168 Å². The molecule has 0 saturated heterocycles. The lowest BCUT2D eigenvalue weighted by Crippen LogP contribution is -2.34. The zero-order valence-corrected chi connectivity index (χ0v) is 21.0. The first kappa shape index (κ1) is 30.4. The molecule has 0 aromatic carbocycles. The summed E-state index contributed by atoms with van der Waals surface area (Å²) in [5, 5.41) is 3.83. The van der Waals surface area contributed by atoms with Crippen LogP contribution in [0.25, 0.3) is 0 Å². The molecule has 28 heavy (non-hydrogen) atoms. The minimum absolute atomic E-state index is 0. The van der Waals surface area contributed by atoms with Crippen molar-refractivity contribution in [3.05, 3.63) is 0 Å². The number of hydrogen-bond donors (Lipinski definition) is 1. The molecular weight excluding hydrogens is 362 g/mol. The normalized spacial score (nSPS) is 13.3. The van der Waals surface area contributed by atoms with Gasteiger partial charge in [-0.1, -0.05) is 129 Å². The van der Waals surface area contributed by atoms with Gasteiger partial charge in [0.25, 0.3) is 0 Å². The Hall–Kier alpha value is 0.250. The Morgan fingerprint density at radius 3 is 0.964 bits per heavy atom. The monoisotopic (exact) mass is 417 g/mol. The fraction of sp³-hybridized carbons (Fsp3) is 1.00. The Morgan fingerprint density at radius 1 is 0.429 bits per heavy atom. The molecule has 0 aromatic rings. The van der Waals surface area contributed by atoms with Gasteiger partial charge in [-0.05, 0) is 26.7 Å². The zero-order valence-electron chi connectivity index (χ0n) is 20.2. The van der Waals surface area contributed by atoms with E-state index in [0.29, 0.717) is 12.1 Å². The van der Waals surface area contributed by atoms with E-state index in [1.54, 1.807) is 0 Å². The van der Waals surface area contributed by atoms with Gasteiger partial charge in [0, 0.05) is 12.1 Å². The van der Waals surface area contributed by atoms with Gasteiger partial charge in [-0.15, -0.1) is 12.4 Å². The molecule has 2 atom stereocenters. The minimum atomic E-state index is 0. The summed E-state index contributed by atoms with van der Waals surface area (Å²) in [6.45, 7) is 9.37. The Bertz CT molecular complexity index is 243. The van der Waals surface area contributed by atoms with Crippen LogP contribution in [0.4, 0.5) is 0 Å². The number of rotatable bonds is 22. The van der Waals surface area contributed by atoms with Crippen LogP contribution in [0.3, 0.4) is 0 Å². The SMILES string of the molecule is CCCCCCCCCCCC(C)NC(C)CCCCCCCCCCC.Cl. The second kappa shape index (κ2) is 25.3. The molecule has 1 nitrogen and oxygen atoms in total. The highest BCUT2D eigenvalue weighted by Crippen LogP contribution is 2.13. The molecule has 0 aliphatic rings. The van der Waals surface area contributed by atoms with Gasteiger partial charge in [0.15, 0.2) is 0 Å². The van der Waals surface area contributed by atoms with Crippen molar-refractivity contribution in [1.29, 1.82) is 0 Å². The predicted molar refractivity (Wildman–Crippen MR) is 133 cm³/mol. The molecule has 0 rings (SSSR count). The summed E-state index contributed by atoms with van der Waals surface area (Å²) in [4.78, 5) is 0. The maximum absolute atomic E-state index is 3.83. The highest BCUT2D eigenvalue weighted by molar-refractivity contribution is 5.85. The van der Waals surface area contributed by atoms with Crippen molar-refractivity contribution in [3.8, 4) is 0 Å². The summed E-state index contributed by atoms with van der Waals surface area (Å²) in [5.41, 5.74) is 0. The van der Waals surface area contributed by atoms with Crippen LogP contribution in [-0.2, 0) is 0 Å². The van der Waals surface area contributed by atoms with E-state index in [2.05, 4.69) is 33.0 Å². The summed E-state index contributed by atoms with van der Waals surface area (Å²) >= 11 is 0. The lowest BCUT2D eigenvalue weighted by molar-refractivity contribution is 0.402. The Balaban J connectivity index is 0. The highest BCUT2D eigenvalue weighted by Gasteiger charge is 2.07. The van der Waals surface area contributed by atoms with E-state index in [0.717, 1.165) is 0 Å². The standard InChI is InChI=1S/C26H55N.ClH/c1-5-7-9-11-13-15-17-19-21-23-25(3)27-26(4)24-22-20-18-16-14-12-10-8-6-2;/h25-27H,5-24H2,1-4H3;1H. The third-order valence-electron chi connectivity index (χ3n) is 6.05. The molecule has 0 saturated carbocycles. The van der Waals surface area contributed by atoms with Gasteiger partial charge in [0.1, 0.15) is 0 Å². The topological polar surface area (TPSA) is 12.0 Å². The molecule has 0 bridgehead atoms. The van der Waals surface area contributed by atoms with E-state index < -0.39 is 0 Å². The molecule has 0 heterocycles. The molecule has 172 valence electrons. The van der Waals surface area contributed by atoms with Gasteiger partial charge in [0.2, 0.25) is 0 Å². The van der Waals surface area contributed by atoms with Crippen LogP contribution in [0.15, 0.2) is 0 Å². The predicted octanol–water partition coefficient (Wildman–Crippen LogP) is 9.62. The molecule has 0 radical (unpaired) electrons. The fourth-order valence-corrected chi connectivity index (χ4v) is 4.17. The summed E-state index contributed by atoms with van der Waals surface area (Å²) < 4.78 is 0. The number of hydrogen-bond acceptors (Lipinski definition) is 1. The summed E-state index contributed by atoms with van der Waals surface area (Å²) in [5.74, 6) is 0. The van der Waals surface area contributed by atoms with Crippen LogP contribution >= 0.6 is 12.4 Å². The molecule has 2 unspecified atom stereocenters. The summed E-state index contributed by atoms with van der Waals surface area (Å²) in [7, 11) is 0. The summed E-state index contributed by atoms with van der Waals surface area (Å²) in [6.07, 6.45) is 28.6. The molecule has 1 N–H and O–H groups in total. The van der Waals surface area contributed by atoms with Crippen molar-refractivity contribution in [3.63, 3.8) is 0 Å². The Labute approximate surface area is 186 Å². The van der Waals surface area contributed by atoms with Crippen molar-refractivity contribution >= 4 is 12.4 Å². The molecule has 0 aliphatic carbocycles. The molecule has 0 amide bonds. The van der Waals surface area contributed by atoms with Crippen molar-refractivity contribution in [2.75, 3.05) is 0 Å². The van der Waals surface area contributed by atoms with Crippen LogP contribution in [-0.4, -0.2) is 12.1 Å². The van der Waals surface area contributed by atoms with Gasteiger partial charge in [-0.25, -0.2) is 0 Å². The number of nitrogens with one attached hydrogen (secondary N) is 1. The van der Waals surface area contributed by atoms with Gasteiger partial charge in [-0.2, -0.15) is 0 Å². The van der Waals surface area contributed by atoms with Crippen molar-refractivity contribution in [1.82, 2.24) is 5.32 Å². The first-order valence-electron chi connectivity index (χ1n) is 13.0. The maximum atomic E-state index is 3.83. The molecule has 2 heteroatoms. The zero-order chi connectivity index (χ0) is 20.0. The molecule has 0 spiro atoms. The van der Waals surface area contributed by atoms with Gasteiger partial charge in [0.05, 0.1) is 0 Å². The van der Waals surface area contributed by atoms with Crippen molar-refractivity contribution in [2.24, 2.45) is 0 Å². The van der Waals surface area contributed by atoms with Gasteiger partial charge in [-0.3, -0.25) is 0 Å². The van der Waals surface area contributed by atoms with Gasteiger partial charge >= 0.3 is 0 Å². The van der Waals surface area contributed by atoms with Crippen LogP contribution in [0.5, 0.6) is 0 Å². The smallest absolute Gasteiger partial charge is 0.00412 e. The van der Waals surface area contributed by atoms with Crippen LogP contribution in [0.1, 0.15) is 156 Å².